The van der Waals surface area contributed by atoms with Gasteiger partial charge in [0.05, 0.1) is 4.90 Å². The van der Waals surface area contributed by atoms with Crippen molar-refractivity contribution < 1.29 is 8.42 Å². The second-order valence-corrected chi connectivity index (χ2v) is 7.39. The number of aromatic amines is 1. The molecule has 0 aromatic carbocycles. The lowest BCUT2D eigenvalue weighted by Crippen LogP contribution is -2.31. The molecule has 2 fully saturated rings. The Kier molecular flexibility index (Phi) is 3.66. The van der Waals surface area contributed by atoms with Gasteiger partial charge in [-0.1, -0.05) is 0 Å². The van der Waals surface area contributed by atoms with Crippen LogP contribution in [0.2, 0.25) is 0 Å². The Bertz CT molecular complexity index is 616. The van der Waals surface area contributed by atoms with E-state index in [0.29, 0.717) is 12.5 Å². The molecular formula is C13H19N3O3S. The molecule has 2 heterocycles. The third kappa shape index (κ3) is 3.11. The average Bonchev–Trinajstić information content (AvgIpc) is 3.16. The predicted molar refractivity (Wildman–Crippen MR) is 75.0 cm³/mol. The largest absolute Gasteiger partial charge is 0.328 e. The van der Waals surface area contributed by atoms with Crippen LogP contribution in [0.4, 0.5) is 0 Å². The molecule has 1 saturated carbocycles. The Balaban J connectivity index is 1.57. The Labute approximate surface area is 118 Å². The van der Waals surface area contributed by atoms with Crippen molar-refractivity contribution >= 4 is 10.0 Å². The maximum atomic E-state index is 12.1. The summed E-state index contributed by atoms with van der Waals surface area (Å²) >= 11 is 0. The first kappa shape index (κ1) is 13.8. The third-order valence-electron chi connectivity index (χ3n) is 4.01. The number of pyridine rings is 1. The fraction of sp³-hybridized carbons (Fsp3) is 0.615. The summed E-state index contributed by atoms with van der Waals surface area (Å²) in [6, 6.07) is 3.29. The summed E-state index contributed by atoms with van der Waals surface area (Å²) in [5.41, 5.74) is -0.306. The minimum Gasteiger partial charge on any atom is -0.328 e. The van der Waals surface area contributed by atoms with Crippen molar-refractivity contribution in [2.45, 2.75) is 30.2 Å². The van der Waals surface area contributed by atoms with Gasteiger partial charge in [-0.3, -0.25) is 4.79 Å². The quantitative estimate of drug-likeness (QED) is 0.810. The first-order chi connectivity index (χ1) is 9.54. The molecule has 0 spiro atoms. The van der Waals surface area contributed by atoms with E-state index in [9.17, 15) is 13.2 Å². The van der Waals surface area contributed by atoms with Crippen LogP contribution in [-0.4, -0.2) is 44.0 Å². The van der Waals surface area contributed by atoms with E-state index in [2.05, 4.69) is 14.6 Å². The van der Waals surface area contributed by atoms with Crippen molar-refractivity contribution in [3.63, 3.8) is 0 Å². The van der Waals surface area contributed by atoms with Crippen molar-refractivity contribution in [2.75, 3.05) is 19.6 Å². The highest BCUT2D eigenvalue weighted by molar-refractivity contribution is 7.89. The summed E-state index contributed by atoms with van der Waals surface area (Å²) < 4.78 is 26.8. The Morgan fingerprint density at radius 1 is 1.30 bits per heavy atom. The third-order valence-corrected chi connectivity index (χ3v) is 5.43. The van der Waals surface area contributed by atoms with E-state index in [-0.39, 0.29) is 10.5 Å². The number of hydrogen-bond donors (Lipinski definition) is 2. The van der Waals surface area contributed by atoms with Gasteiger partial charge in [0.15, 0.2) is 0 Å². The van der Waals surface area contributed by atoms with Crippen molar-refractivity contribution in [1.82, 2.24) is 14.6 Å². The van der Waals surface area contributed by atoms with Crippen molar-refractivity contribution in [1.29, 1.82) is 0 Å². The van der Waals surface area contributed by atoms with Crippen molar-refractivity contribution in [2.24, 2.45) is 5.92 Å². The number of rotatable bonds is 5. The number of sulfonamides is 1. The molecule has 0 radical (unpaired) electrons. The van der Waals surface area contributed by atoms with Gasteiger partial charge in [0.25, 0.3) is 0 Å². The van der Waals surface area contributed by atoms with E-state index in [1.54, 1.807) is 0 Å². The van der Waals surface area contributed by atoms with Gasteiger partial charge in [-0.05, 0) is 37.8 Å². The molecule has 3 rings (SSSR count). The molecule has 7 heteroatoms. The minimum absolute atomic E-state index is 0.106. The first-order valence-corrected chi connectivity index (χ1v) is 8.45. The molecule has 2 aliphatic rings. The lowest BCUT2D eigenvalue weighted by Gasteiger charge is -2.15. The second-order valence-electron chi connectivity index (χ2n) is 5.62. The summed E-state index contributed by atoms with van der Waals surface area (Å²) in [7, 11) is -3.53. The molecule has 0 bridgehead atoms. The highest BCUT2D eigenvalue weighted by Gasteiger charge is 2.34. The molecule has 110 valence electrons. The number of likely N-dealkylation sites (tertiary alicyclic amines) is 1. The zero-order valence-electron chi connectivity index (χ0n) is 11.2. The van der Waals surface area contributed by atoms with Gasteiger partial charge >= 0.3 is 0 Å². The normalized spacial score (nSPS) is 24.1. The number of nitrogens with one attached hydrogen (secondary N) is 2. The van der Waals surface area contributed by atoms with Gasteiger partial charge in [-0.15, -0.1) is 0 Å². The lowest BCUT2D eigenvalue weighted by molar-refractivity contribution is 0.314. The number of H-pyrrole nitrogens is 1. The molecule has 1 aliphatic heterocycles. The first-order valence-electron chi connectivity index (χ1n) is 6.97. The van der Waals surface area contributed by atoms with Gasteiger partial charge in [-0.2, -0.15) is 0 Å². The van der Waals surface area contributed by atoms with E-state index in [4.69, 9.17) is 0 Å². The van der Waals surface area contributed by atoms with Crippen LogP contribution in [0.3, 0.4) is 0 Å². The summed E-state index contributed by atoms with van der Waals surface area (Å²) in [5.74, 6) is 0.383. The smallest absolute Gasteiger partial charge is 0.247 e. The second kappa shape index (κ2) is 5.31. The molecule has 20 heavy (non-hydrogen) atoms. The monoisotopic (exact) mass is 297 g/mol. The molecule has 1 saturated heterocycles. The van der Waals surface area contributed by atoms with Crippen LogP contribution < -0.4 is 10.3 Å². The van der Waals surface area contributed by atoms with E-state index >= 15 is 0 Å². The summed E-state index contributed by atoms with van der Waals surface area (Å²) in [6.45, 7) is 2.53. The van der Waals surface area contributed by atoms with Crippen LogP contribution in [-0.2, 0) is 10.0 Å². The van der Waals surface area contributed by atoms with Gasteiger partial charge in [-0.25, -0.2) is 13.1 Å². The van der Waals surface area contributed by atoms with Crippen LogP contribution in [0.1, 0.15) is 19.3 Å². The standard InChI is InChI=1S/C13H19N3O3S/c17-13-4-3-12(8-14-13)20(18,19)15-7-10-5-6-16(9-10)11-1-2-11/h3-4,8,10-11,15H,1-2,5-7,9H2,(H,14,17). The molecule has 1 aliphatic carbocycles. The molecule has 0 amide bonds. The van der Waals surface area contributed by atoms with Crippen molar-refractivity contribution in [3.8, 4) is 0 Å². The topological polar surface area (TPSA) is 82.3 Å². The van der Waals surface area contributed by atoms with Crippen molar-refractivity contribution in [3.05, 3.63) is 28.7 Å². The van der Waals surface area contributed by atoms with Crippen LogP contribution in [0.5, 0.6) is 0 Å². The fourth-order valence-electron chi connectivity index (χ4n) is 2.67. The zero-order valence-corrected chi connectivity index (χ0v) is 12.0. The SMILES string of the molecule is O=c1ccc(S(=O)(=O)NCC2CCN(C3CC3)C2)c[nH]1. The molecule has 1 unspecified atom stereocenters. The Morgan fingerprint density at radius 3 is 2.75 bits per heavy atom. The number of hydrogen-bond acceptors (Lipinski definition) is 4. The highest BCUT2D eigenvalue weighted by atomic mass is 32.2. The van der Waals surface area contributed by atoms with E-state index < -0.39 is 10.0 Å². The fourth-order valence-corrected chi connectivity index (χ4v) is 3.76. The van der Waals surface area contributed by atoms with Gasteiger partial charge in [0, 0.05) is 31.4 Å². The molecule has 2 N–H and O–H groups in total. The zero-order chi connectivity index (χ0) is 14.2. The molecular weight excluding hydrogens is 278 g/mol. The summed E-state index contributed by atoms with van der Waals surface area (Å²) in [4.78, 5) is 15.9. The molecule has 1 atom stereocenters. The molecule has 1 aromatic heterocycles. The molecule has 6 nitrogen and oxygen atoms in total. The minimum atomic E-state index is -3.53. The van der Waals surface area contributed by atoms with E-state index in [0.717, 1.165) is 25.6 Å². The van der Waals surface area contributed by atoms with Crippen LogP contribution in [0, 0.1) is 5.92 Å². The summed E-state index contributed by atoms with van der Waals surface area (Å²) in [5, 5.41) is 0. The van der Waals surface area contributed by atoms with E-state index in [1.165, 1.54) is 31.2 Å². The van der Waals surface area contributed by atoms with Gasteiger partial charge < -0.3 is 9.88 Å². The van der Waals surface area contributed by atoms with Crippen LogP contribution >= 0.6 is 0 Å². The van der Waals surface area contributed by atoms with Gasteiger partial charge in [0.2, 0.25) is 15.6 Å². The average molecular weight is 297 g/mol. The predicted octanol–water partition coefficient (Wildman–Crippen LogP) is 0.138. The Morgan fingerprint density at radius 2 is 2.10 bits per heavy atom. The maximum absolute atomic E-state index is 12.1. The van der Waals surface area contributed by atoms with Crippen LogP contribution in [0.25, 0.3) is 0 Å². The highest BCUT2D eigenvalue weighted by Crippen LogP contribution is 2.31. The summed E-state index contributed by atoms with van der Waals surface area (Å²) in [6.07, 6.45) is 4.85. The molecule has 1 aromatic rings. The van der Waals surface area contributed by atoms with Crippen LogP contribution in [0.15, 0.2) is 28.0 Å². The number of aromatic nitrogens is 1. The Hall–Kier alpha value is -1.18. The maximum Gasteiger partial charge on any atom is 0.247 e. The van der Waals surface area contributed by atoms with Gasteiger partial charge in [0.1, 0.15) is 0 Å². The lowest BCUT2D eigenvalue weighted by atomic mass is 10.1. The van der Waals surface area contributed by atoms with E-state index in [1.807, 2.05) is 0 Å². The number of nitrogens with zero attached hydrogens (tertiary/aromatic N) is 1.